The normalized spacial score (nSPS) is 18.2. The van der Waals surface area contributed by atoms with E-state index in [1.807, 2.05) is 30.3 Å². The number of nitrogens with zero attached hydrogens (tertiary/aromatic N) is 1. The van der Waals surface area contributed by atoms with E-state index < -0.39 is 0 Å². The molecule has 4 rings (SSSR count). The molecule has 2 saturated heterocycles. The van der Waals surface area contributed by atoms with Crippen LogP contribution in [0.4, 0.5) is 11.4 Å². The summed E-state index contributed by atoms with van der Waals surface area (Å²) < 4.78 is 16.7. The molecule has 32 heavy (non-hydrogen) atoms. The summed E-state index contributed by atoms with van der Waals surface area (Å²) in [6, 6.07) is 14.5. The maximum absolute atomic E-state index is 12.6. The first-order chi connectivity index (χ1) is 15.7. The molecule has 2 aromatic carbocycles. The van der Waals surface area contributed by atoms with E-state index in [2.05, 4.69) is 10.6 Å². The second-order valence-electron chi connectivity index (χ2n) is 7.86. The number of carbonyl (C=O) groups excluding carboxylic acids is 2. The van der Waals surface area contributed by atoms with Crippen molar-refractivity contribution in [1.29, 1.82) is 0 Å². The molecule has 2 heterocycles. The molecular formula is C24H29N3O5. The smallest absolute Gasteiger partial charge is 0.254 e. The average Bonchev–Trinajstić information content (AvgIpc) is 3.36. The van der Waals surface area contributed by atoms with Crippen LogP contribution in [0.5, 0.6) is 5.75 Å². The van der Waals surface area contributed by atoms with E-state index in [4.69, 9.17) is 14.2 Å². The lowest BCUT2D eigenvalue weighted by molar-refractivity contribution is -0.114. The highest BCUT2D eigenvalue weighted by molar-refractivity contribution is 5.96. The zero-order chi connectivity index (χ0) is 22.2. The van der Waals surface area contributed by atoms with Crippen molar-refractivity contribution in [3.63, 3.8) is 0 Å². The van der Waals surface area contributed by atoms with Crippen molar-refractivity contribution in [3.8, 4) is 5.75 Å². The van der Waals surface area contributed by atoms with E-state index >= 15 is 0 Å². The lowest BCUT2D eigenvalue weighted by Crippen LogP contribution is -2.40. The van der Waals surface area contributed by atoms with Crippen LogP contribution in [0.1, 0.15) is 23.2 Å². The summed E-state index contributed by atoms with van der Waals surface area (Å²) in [6.07, 6.45) is 2.23. The Kier molecular flexibility index (Phi) is 7.58. The number of carbonyl (C=O) groups is 2. The van der Waals surface area contributed by atoms with Gasteiger partial charge in [-0.05, 0) is 43.2 Å². The second-order valence-corrected chi connectivity index (χ2v) is 7.86. The minimum Gasteiger partial charge on any atom is -0.491 e. The number of morpholine rings is 1. The lowest BCUT2D eigenvalue weighted by atomic mass is 10.1. The van der Waals surface area contributed by atoms with Crippen LogP contribution in [0.15, 0.2) is 48.5 Å². The zero-order valence-electron chi connectivity index (χ0n) is 18.0. The molecule has 1 atom stereocenters. The molecule has 0 radical (unpaired) electrons. The van der Waals surface area contributed by atoms with Crippen molar-refractivity contribution in [2.75, 3.05) is 56.7 Å². The predicted molar refractivity (Wildman–Crippen MR) is 121 cm³/mol. The topological polar surface area (TPSA) is 89.1 Å². The van der Waals surface area contributed by atoms with Gasteiger partial charge >= 0.3 is 0 Å². The fourth-order valence-electron chi connectivity index (χ4n) is 3.73. The van der Waals surface area contributed by atoms with Crippen LogP contribution in [-0.4, -0.2) is 68.9 Å². The van der Waals surface area contributed by atoms with E-state index in [9.17, 15) is 9.59 Å². The summed E-state index contributed by atoms with van der Waals surface area (Å²) in [5.74, 6) is 0.480. The van der Waals surface area contributed by atoms with E-state index in [-0.39, 0.29) is 24.5 Å². The van der Waals surface area contributed by atoms with Crippen LogP contribution in [0.3, 0.4) is 0 Å². The van der Waals surface area contributed by atoms with Crippen molar-refractivity contribution < 1.29 is 23.8 Å². The molecule has 0 bridgehead atoms. The molecule has 0 aromatic heterocycles. The Labute approximate surface area is 187 Å². The monoisotopic (exact) mass is 439 g/mol. The van der Waals surface area contributed by atoms with Gasteiger partial charge in [0.15, 0.2) is 0 Å². The van der Waals surface area contributed by atoms with Gasteiger partial charge in [0.05, 0.1) is 25.9 Å². The lowest BCUT2D eigenvalue weighted by Gasteiger charge is -2.27. The Morgan fingerprint density at radius 2 is 1.84 bits per heavy atom. The van der Waals surface area contributed by atoms with Gasteiger partial charge in [-0.25, -0.2) is 0 Å². The van der Waals surface area contributed by atoms with Crippen LogP contribution >= 0.6 is 0 Å². The largest absolute Gasteiger partial charge is 0.491 e. The van der Waals surface area contributed by atoms with Crippen molar-refractivity contribution in [1.82, 2.24) is 4.90 Å². The molecule has 2 aliphatic rings. The molecule has 2 fully saturated rings. The van der Waals surface area contributed by atoms with Crippen LogP contribution in [0.25, 0.3) is 0 Å². The van der Waals surface area contributed by atoms with Crippen molar-refractivity contribution in [2.45, 2.75) is 18.9 Å². The summed E-state index contributed by atoms with van der Waals surface area (Å²) in [7, 11) is 0. The molecular weight excluding hydrogens is 410 g/mol. The molecule has 2 aromatic rings. The van der Waals surface area contributed by atoms with E-state index in [1.54, 1.807) is 23.1 Å². The fourth-order valence-corrected chi connectivity index (χ4v) is 3.73. The Morgan fingerprint density at radius 1 is 1.03 bits per heavy atom. The van der Waals surface area contributed by atoms with Gasteiger partial charge in [0.1, 0.15) is 12.4 Å². The number of rotatable bonds is 8. The number of benzene rings is 2. The van der Waals surface area contributed by atoms with Gasteiger partial charge in [-0.3, -0.25) is 9.59 Å². The molecule has 2 amide bonds. The molecule has 170 valence electrons. The van der Waals surface area contributed by atoms with E-state index in [1.165, 1.54) is 0 Å². The minimum absolute atomic E-state index is 0.0266. The molecule has 0 aliphatic carbocycles. The van der Waals surface area contributed by atoms with Crippen LogP contribution < -0.4 is 15.4 Å². The summed E-state index contributed by atoms with van der Waals surface area (Å²) in [4.78, 5) is 26.8. The number of hydrogen-bond acceptors (Lipinski definition) is 6. The van der Waals surface area contributed by atoms with E-state index in [0.29, 0.717) is 55.6 Å². The third-order valence-corrected chi connectivity index (χ3v) is 5.44. The first kappa shape index (κ1) is 22.1. The Morgan fingerprint density at radius 3 is 2.66 bits per heavy atom. The van der Waals surface area contributed by atoms with Crippen LogP contribution in [0, 0.1) is 0 Å². The standard InChI is InChI=1S/C24H29N3O5/c28-23(26-20-6-2-7-21(15-20)32-17-22-8-3-11-31-22)16-25-19-5-1-4-18(14-19)24(29)27-9-12-30-13-10-27/h1-2,4-7,14-15,22,25H,3,8-13,16-17H2,(H,26,28). The number of hydrogen-bond donors (Lipinski definition) is 2. The average molecular weight is 440 g/mol. The first-order valence-corrected chi connectivity index (χ1v) is 11.0. The number of ether oxygens (including phenoxy) is 3. The van der Waals surface area contributed by atoms with Gasteiger partial charge in [0.2, 0.25) is 5.91 Å². The molecule has 2 aliphatic heterocycles. The molecule has 1 unspecified atom stereocenters. The minimum atomic E-state index is -0.189. The third kappa shape index (κ3) is 6.21. The molecule has 8 heteroatoms. The summed E-state index contributed by atoms with van der Waals surface area (Å²) in [5.41, 5.74) is 1.97. The highest BCUT2D eigenvalue weighted by atomic mass is 16.5. The third-order valence-electron chi connectivity index (χ3n) is 5.44. The second kappa shape index (κ2) is 11.0. The Bertz CT molecular complexity index is 923. The number of amides is 2. The van der Waals surface area contributed by atoms with Gasteiger partial charge in [0.25, 0.3) is 5.91 Å². The van der Waals surface area contributed by atoms with Gasteiger partial charge in [-0.15, -0.1) is 0 Å². The van der Waals surface area contributed by atoms with Gasteiger partial charge in [0, 0.05) is 42.7 Å². The SMILES string of the molecule is O=C(CNc1cccc(C(=O)N2CCOCC2)c1)Nc1cccc(OCC2CCCO2)c1. The Balaban J connectivity index is 1.26. The fraction of sp³-hybridized carbons (Fsp3) is 0.417. The van der Waals surface area contributed by atoms with Gasteiger partial charge < -0.3 is 29.7 Å². The van der Waals surface area contributed by atoms with Crippen molar-refractivity contribution >= 4 is 23.2 Å². The molecule has 0 spiro atoms. The number of anilines is 2. The first-order valence-electron chi connectivity index (χ1n) is 11.0. The predicted octanol–water partition coefficient (Wildman–Crippen LogP) is 2.77. The summed E-state index contributed by atoms with van der Waals surface area (Å²) in [6.45, 7) is 3.69. The van der Waals surface area contributed by atoms with Crippen LogP contribution in [-0.2, 0) is 14.3 Å². The maximum Gasteiger partial charge on any atom is 0.254 e. The highest BCUT2D eigenvalue weighted by Crippen LogP contribution is 2.20. The maximum atomic E-state index is 12.6. The summed E-state index contributed by atoms with van der Waals surface area (Å²) in [5, 5.41) is 5.95. The van der Waals surface area contributed by atoms with Crippen molar-refractivity contribution in [3.05, 3.63) is 54.1 Å². The quantitative estimate of drug-likeness (QED) is 0.658. The van der Waals surface area contributed by atoms with Crippen LogP contribution in [0.2, 0.25) is 0 Å². The Hall–Kier alpha value is -3.10. The van der Waals surface area contributed by atoms with Gasteiger partial charge in [-0.1, -0.05) is 12.1 Å². The molecule has 2 N–H and O–H groups in total. The van der Waals surface area contributed by atoms with Gasteiger partial charge in [-0.2, -0.15) is 0 Å². The van der Waals surface area contributed by atoms with E-state index in [0.717, 1.165) is 19.4 Å². The van der Waals surface area contributed by atoms with Crippen molar-refractivity contribution in [2.24, 2.45) is 0 Å². The number of nitrogens with one attached hydrogen (secondary N) is 2. The summed E-state index contributed by atoms with van der Waals surface area (Å²) >= 11 is 0. The zero-order valence-corrected chi connectivity index (χ0v) is 18.0. The highest BCUT2D eigenvalue weighted by Gasteiger charge is 2.19. The molecule has 0 saturated carbocycles. The molecule has 8 nitrogen and oxygen atoms in total.